The fourth-order valence-electron chi connectivity index (χ4n) is 1.98. The van der Waals surface area contributed by atoms with Gasteiger partial charge in [-0.25, -0.2) is 0 Å². The average molecular weight is 242 g/mol. The average Bonchev–Trinajstić information content (AvgIpc) is 2.30. The van der Waals surface area contributed by atoms with Gasteiger partial charge in [0.2, 0.25) is 0 Å². The summed E-state index contributed by atoms with van der Waals surface area (Å²) in [7, 11) is 0. The molecule has 88 valence electrons. The first kappa shape index (κ1) is 11.6. The predicted octanol–water partition coefficient (Wildman–Crippen LogP) is 2.48. The number of benzene rings is 1. The summed E-state index contributed by atoms with van der Waals surface area (Å²) in [5.41, 5.74) is 7.82. The highest BCUT2D eigenvalue weighted by Crippen LogP contribution is 2.42. The minimum absolute atomic E-state index is 0.217. The summed E-state index contributed by atoms with van der Waals surface area (Å²) in [5.74, 6) is 1.76. The normalized spacial score (nSPS) is 16.0. The molecular formula is C12H16ClNO2. The molecule has 0 bridgehead atoms. The minimum atomic E-state index is 0.217. The second kappa shape index (κ2) is 4.52. The van der Waals surface area contributed by atoms with Gasteiger partial charge in [-0.3, -0.25) is 0 Å². The lowest BCUT2D eigenvalue weighted by Crippen LogP contribution is -2.19. The van der Waals surface area contributed by atoms with Gasteiger partial charge in [-0.2, -0.15) is 0 Å². The van der Waals surface area contributed by atoms with Gasteiger partial charge < -0.3 is 15.2 Å². The van der Waals surface area contributed by atoms with E-state index in [-0.39, 0.29) is 5.92 Å². The lowest BCUT2D eigenvalue weighted by atomic mass is 9.94. The van der Waals surface area contributed by atoms with Crippen molar-refractivity contribution < 1.29 is 9.47 Å². The van der Waals surface area contributed by atoms with Crippen LogP contribution in [-0.4, -0.2) is 19.8 Å². The Morgan fingerprint density at radius 1 is 1.44 bits per heavy atom. The van der Waals surface area contributed by atoms with Crippen molar-refractivity contribution in [3.8, 4) is 11.5 Å². The van der Waals surface area contributed by atoms with Crippen LogP contribution >= 0.6 is 11.6 Å². The molecular weight excluding hydrogens is 226 g/mol. The summed E-state index contributed by atoms with van der Waals surface area (Å²) in [4.78, 5) is 0. The molecule has 2 rings (SSSR count). The number of halogens is 1. The molecule has 2 N–H and O–H groups in total. The van der Waals surface area contributed by atoms with Crippen molar-refractivity contribution >= 4 is 11.6 Å². The molecule has 3 nitrogen and oxygen atoms in total. The van der Waals surface area contributed by atoms with E-state index in [9.17, 15) is 0 Å². The van der Waals surface area contributed by atoms with E-state index in [1.165, 1.54) is 0 Å². The zero-order chi connectivity index (χ0) is 11.7. The monoisotopic (exact) mass is 241 g/mol. The molecule has 1 aliphatic heterocycles. The second-order valence-corrected chi connectivity index (χ2v) is 4.47. The van der Waals surface area contributed by atoms with Crippen LogP contribution < -0.4 is 15.2 Å². The predicted molar refractivity (Wildman–Crippen MR) is 64.6 cm³/mol. The smallest absolute Gasteiger partial charge is 0.165 e. The Bertz CT molecular complexity index is 406. The second-order valence-electron chi connectivity index (χ2n) is 4.06. The first-order chi connectivity index (χ1) is 7.65. The maximum absolute atomic E-state index is 6.18. The minimum Gasteiger partial charge on any atom is -0.486 e. The molecule has 0 aliphatic carbocycles. The molecule has 1 aromatic rings. The standard InChI is InChI=1S/C12H16ClNO2/c1-7(6-14)11-8(2)9(13)5-10-12(11)16-4-3-15-10/h5,7H,3-4,6,14H2,1-2H3. The zero-order valence-electron chi connectivity index (χ0n) is 9.55. The summed E-state index contributed by atoms with van der Waals surface area (Å²) in [6, 6.07) is 1.82. The van der Waals surface area contributed by atoms with Crippen molar-refractivity contribution in [3.05, 3.63) is 22.2 Å². The molecule has 0 spiro atoms. The van der Waals surface area contributed by atoms with E-state index in [2.05, 4.69) is 6.92 Å². The van der Waals surface area contributed by atoms with Crippen LogP contribution in [0.25, 0.3) is 0 Å². The highest BCUT2D eigenvalue weighted by atomic mass is 35.5. The highest BCUT2D eigenvalue weighted by molar-refractivity contribution is 6.31. The van der Waals surface area contributed by atoms with Crippen LogP contribution in [0.1, 0.15) is 24.0 Å². The van der Waals surface area contributed by atoms with Crippen LogP contribution in [-0.2, 0) is 0 Å². The van der Waals surface area contributed by atoms with Crippen molar-refractivity contribution in [2.75, 3.05) is 19.8 Å². The fourth-order valence-corrected chi connectivity index (χ4v) is 2.18. The molecule has 0 radical (unpaired) electrons. The third-order valence-electron chi connectivity index (χ3n) is 2.92. The first-order valence-electron chi connectivity index (χ1n) is 5.43. The summed E-state index contributed by atoms with van der Waals surface area (Å²) >= 11 is 6.18. The van der Waals surface area contributed by atoms with Crippen LogP contribution in [0.5, 0.6) is 11.5 Å². The zero-order valence-corrected chi connectivity index (χ0v) is 10.3. The molecule has 0 amide bonds. The molecule has 1 heterocycles. The Morgan fingerprint density at radius 2 is 2.12 bits per heavy atom. The van der Waals surface area contributed by atoms with Crippen molar-refractivity contribution in [3.63, 3.8) is 0 Å². The van der Waals surface area contributed by atoms with E-state index >= 15 is 0 Å². The van der Waals surface area contributed by atoms with E-state index in [4.69, 9.17) is 26.8 Å². The maximum atomic E-state index is 6.18. The Balaban J connectivity index is 2.59. The van der Waals surface area contributed by atoms with Gasteiger partial charge in [0.25, 0.3) is 0 Å². The Kier molecular flexibility index (Phi) is 3.26. The molecule has 16 heavy (non-hydrogen) atoms. The molecule has 1 aromatic carbocycles. The van der Waals surface area contributed by atoms with E-state index in [0.717, 1.165) is 22.6 Å². The van der Waals surface area contributed by atoms with Gasteiger partial charge >= 0.3 is 0 Å². The number of fused-ring (bicyclic) bond motifs is 1. The quantitative estimate of drug-likeness (QED) is 0.865. The molecule has 1 atom stereocenters. The SMILES string of the molecule is Cc1c(Cl)cc2c(c1C(C)CN)OCCO2. The number of hydrogen-bond acceptors (Lipinski definition) is 3. The Morgan fingerprint density at radius 3 is 2.81 bits per heavy atom. The fraction of sp³-hybridized carbons (Fsp3) is 0.500. The Labute approximate surface area is 100 Å². The van der Waals surface area contributed by atoms with E-state index in [1.54, 1.807) is 0 Å². The van der Waals surface area contributed by atoms with Gasteiger partial charge in [0.15, 0.2) is 11.5 Å². The van der Waals surface area contributed by atoms with Gasteiger partial charge in [0, 0.05) is 16.7 Å². The molecule has 1 aliphatic rings. The highest BCUT2D eigenvalue weighted by Gasteiger charge is 2.23. The van der Waals surface area contributed by atoms with Gasteiger partial charge in [-0.05, 0) is 24.9 Å². The summed E-state index contributed by atoms with van der Waals surface area (Å²) < 4.78 is 11.2. The molecule has 4 heteroatoms. The van der Waals surface area contributed by atoms with E-state index in [1.807, 2.05) is 13.0 Å². The summed E-state index contributed by atoms with van der Waals surface area (Å²) in [6.45, 7) is 5.77. The lowest BCUT2D eigenvalue weighted by Gasteiger charge is -2.25. The van der Waals surface area contributed by atoms with Crippen LogP contribution in [0.2, 0.25) is 5.02 Å². The summed E-state index contributed by atoms with van der Waals surface area (Å²) in [5, 5.41) is 0.708. The number of nitrogens with two attached hydrogens (primary N) is 1. The van der Waals surface area contributed by atoms with Gasteiger partial charge in [0.1, 0.15) is 13.2 Å². The number of ether oxygens (including phenoxy) is 2. The van der Waals surface area contributed by atoms with Gasteiger partial charge in [-0.15, -0.1) is 0 Å². The molecule has 0 saturated heterocycles. The number of hydrogen-bond donors (Lipinski definition) is 1. The third kappa shape index (κ3) is 1.85. The summed E-state index contributed by atoms with van der Waals surface area (Å²) in [6.07, 6.45) is 0. The third-order valence-corrected chi connectivity index (χ3v) is 3.31. The van der Waals surface area contributed by atoms with E-state index < -0.39 is 0 Å². The van der Waals surface area contributed by atoms with Crippen molar-refractivity contribution in [1.29, 1.82) is 0 Å². The van der Waals surface area contributed by atoms with Crippen LogP contribution in [0, 0.1) is 6.92 Å². The first-order valence-corrected chi connectivity index (χ1v) is 5.81. The molecule has 0 fully saturated rings. The van der Waals surface area contributed by atoms with Crippen molar-refractivity contribution in [2.24, 2.45) is 5.73 Å². The van der Waals surface area contributed by atoms with Crippen LogP contribution in [0.15, 0.2) is 6.07 Å². The van der Waals surface area contributed by atoms with Crippen molar-refractivity contribution in [1.82, 2.24) is 0 Å². The Hall–Kier alpha value is -0.930. The van der Waals surface area contributed by atoms with Gasteiger partial charge in [0.05, 0.1) is 0 Å². The lowest BCUT2D eigenvalue weighted by molar-refractivity contribution is 0.169. The topological polar surface area (TPSA) is 44.5 Å². The molecule has 0 saturated carbocycles. The van der Waals surface area contributed by atoms with E-state index in [0.29, 0.717) is 24.8 Å². The van der Waals surface area contributed by atoms with Gasteiger partial charge in [-0.1, -0.05) is 18.5 Å². The largest absolute Gasteiger partial charge is 0.486 e. The van der Waals surface area contributed by atoms with Crippen molar-refractivity contribution in [2.45, 2.75) is 19.8 Å². The molecule has 1 unspecified atom stereocenters. The van der Waals surface area contributed by atoms with Crippen LogP contribution in [0.4, 0.5) is 0 Å². The maximum Gasteiger partial charge on any atom is 0.165 e. The number of rotatable bonds is 2. The van der Waals surface area contributed by atoms with Crippen LogP contribution in [0.3, 0.4) is 0 Å². The molecule has 0 aromatic heterocycles.